The normalized spacial score (nSPS) is 14.6. The molecule has 0 bridgehead atoms. The second kappa shape index (κ2) is 5.39. The van der Waals surface area contributed by atoms with Crippen LogP contribution >= 0.6 is 0 Å². The fraction of sp³-hybridized carbons (Fsp3) is 0.143. The monoisotopic (exact) mass is 257 g/mol. The number of hydrogen-bond acceptors (Lipinski definition) is 4. The number of benzene rings is 1. The second-order valence-corrected chi connectivity index (χ2v) is 4.18. The molecular formula is C14H11NO4. The summed E-state index contributed by atoms with van der Waals surface area (Å²) in [5.74, 6) is -0.704. The maximum absolute atomic E-state index is 12.1. The number of carbonyl (C=O) groups is 2. The summed E-state index contributed by atoms with van der Waals surface area (Å²) in [6.45, 7) is 0. The van der Waals surface area contributed by atoms with Crippen molar-refractivity contribution in [1.82, 2.24) is 0 Å². The van der Waals surface area contributed by atoms with Gasteiger partial charge < -0.3 is 0 Å². The Bertz CT molecular complexity index is 599. The third kappa shape index (κ3) is 3.01. The zero-order chi connectivity index (χ0) is 13.8. The largest absolute Gasteiger partial charge is 0.294 e. The van der Waals surface area contributed by atoms with Crippen LogP contribution in [0.4, 0.5) is 0 Å². The number of rotatable bonds is 4. The molecule has 0 saturated carbocycles. The lowest BCUT2D eigenvalue weighted by Gasteiger charge is -2.07. The third-order valence-electron chi connectivity index (χ3n) is 2.82. The first-order valence-electron chi connectivity index (χ1n) is 5.73. The van der Waals surface area contributed by atoms with Gasteiger partial charge in [0.1, 0.15) is 6.42 Å². The van der Waals surface area contributed by atoms with Crippen LogP contribution in [0.5, 0.6) is 0 Å². The number of allylic oxidation sites excluding steroid dienone is 4. The van der Waals surface area contributed by atoms with Gasteiger partial charge in [0.05, 0.1) is 10.5 Å². The van der Waals surface area contributed by atoms with E-state index in [0.29, 0.717) is 0 Å². The van der Waals surface area contributed by atoms with Gasteiger partial charge >= 0.3 is 0 Å². The molecule has 0 spiro atoms. The lowest BCUT2D eigenvalue weighted by molar-refractivity contribution is -0.427. The van der Waals surface area contributed by atoms with Gasteiger partial charge in [-0.1, -0.05) is 30.3 Å². The van der Waals surface area contributed by atoms with E-state index in [1.807, 2.05) is 6.07 Å². The number of Topliss-reactive ketones (excluding diaryl/α,β-unsaturated/α-hetero) is 1. The Balaban J connectivity index is 2.26. The van der Waals surface area contributed by atoms with Crippen molar-refractivity contribution < 1.29 is 14.5 Å². The second-order valence-electron chi connectivity index (χ2n) is 4.18. The third-order valence-corrected chi connectivity index (χ3v) is 2.82. The van der Waals surface area contributed by atoms with Gasteiger partial charge in [-0.15, -0.1) is 0 Å². The van der Waals surface area contributed by atoms with Crippen LogP contribution in [0.3, 0.4) is 0 Å². The average Bonchev–Trinajstić information content (AvgIpc) is 2.39. The van der Waals surface area contributed by atoms with E-state index in [2.05, 4.69) is 0 Å². The highest BCUT2D eigenvalue weighted by Crippen LogP contribution is 2.19. The van der Waals surface area contributed by atoms with E-state index >= 15 is 0 Å². The molecular weight excluding hydrogens is 246 g/mol. The van der Waals surface area contributed by atoms with Crippen LogP contribution in [0, 0.1) is 10.1 Å². The van der Waals surface area contributed by atoms with Gasteiger partial charge in [0.25, 0.3) is 5.70 Å². The Morgan fingerprint density at radius 3 is 2.53 bits per heavy atom. The first-order chi connectivity index (χ1) is 9.08. The molecule has 5 heteroatoms. The fourth-order valence-electron chi connectivity index (χ4n) is 1.88. The Morgan fingerprint density at radius 1 is 1.21 bits per heavy atom. The molecule has 0 radical (unpaired) electrons. The number of ketones is 2. The minimum absolute atomic E-state index is 0.0217. The van der Waals surface area contributed by atoms with Gasteiger partial charge in [0.15, 0.2) is 11.6 Å². The Kier molecular flexibility index (Phi) is 3.66. The molecule has 0 N–H and O–H groups in total. The van der Waals surface area contributed by atoms with E-state index in [4.69, 9.17) is 0 Å². The van der Waals surface area contributed by atoms with Crippen molar-refractivity contribution in [2.75, 3.05) is 0 Å². The molecule has 0 aromatic heterocycles. The van der Waals surface area contributed by atoms with E-state index in [0.717, 1.165) is 5.56 Å². The molecule has 5 nitrogen and oxygen atoms in total. The van der Waals surface area contributed by atoms with Crippen LogP contribution in [0.2, 0.25) is 0 Å². The van der Waals surface area contributed by atoms with Gasteiger partial charge in [0, 0.05) is 6.42 Å². The molecule has 1 aromatic rings. The SMILES string of the molecule is O=C1C=CC(C(=O)Cc2ccccc2)=C([N+](=O)[O-])C1. The van der Waals surface area contributed by atoms with Crippen molar-refractivity contribution >= 4 is 11.6 Å². The number of nitrogens with zero attached hydrogens (tertiary/aromatic N) is 1. The highest BCUT2D eigenvalue weighted by Gasteiger charge is 2.27. The average molecular weight is 257 g/mol. The Hall–Kier alpha value is -2.56. The summed E-state index contributed by atoms with van der Waals surface area (Å²) >= 11 is 0. The minimum atomic E-state index is -0.653. The van der Waals surface area contributed by atoms with E-state index < -0.39 is 4.92 Å². The molecule has 96 valence electrons. The van der Waals surface area contributed by atoms with Crippen molar-refractivity contribution in [3.8, 4) is 0 Å². The van der Waals surface area contributed by atoms with E-state index in [1.54, 1.807) is 24.3 Å². The molecule has 0 heterocycles. The van der Waals surface area contributed by atoms with Crippen LogP contribution in [0.1, 0.15) is 12.0 Å². The number of carbonyl (C=O) groups excluding carboxylic acids is 2. The number of hydrogen-bond donors (Lipinski definition) is 0. The van der Waals surface area contributed by atoms with E-state index in [9.17, 15) is 19.7 Å². The van der Waals surface area contributed by atoms with Crippen molar-refractivity contribution in [2.24, 2.45) is 0 Å². The molecule has 0 saturated heterocycles. The van der Waals surface area contributed by atoms with Gasteiger partial charge in [0.2, 0.25) is 0 Å². The molecule has 0 atom stereocenters. The topological polar surface area (TPSA) is 77.3 Å². The smallest absolute Gasteiger partial charge is 0.264 e. The molecule has 0 fully saturated rings. The van der Waals surface area contributed by atoms with Crippen LogP contribution in [-0.2, 0) is 16.0 Å². The summed E-state index contributed by atoms with van der Waals surface area (Å²) < 4.78 is 0. The molecule has 1 aliphatic rings. The number of nitro groups is 1. The van der Waals surface area contributed by atoms with Gasteiger partial charge in [-0.2, -0.15) is 0 Å². The summed E-state index contributed by atoms with van der Waals surface area (Å²) in [6.07, 6.45) is 2.23. The van der Waals surface area contributed by atoms with Crippen molar-refractivity contribution in [2.45, 2.75) is 12.8 Å². The van der Waals surface area contributed by atoms with Crippen molar-refractivity contribution in [1.29, 1.82) is 0 Å². The summed E-state index contributed by atoms with van der Waals surface area (Å²) in [7, 11) is 0. The summed E-state index contributed by atoms with van der Waals surface area (Å²) in [5, 5.41) is 10.9. The molecule has 0 aliphatic heterocycles. The molecule has 0 unspecified atom stereocenters. The van der Waals surface area contributed by atoms with Gasteiger partial charge in [-0.25, -0.2) is 0 Å². The molecule has 1 aromatic carbocycles. The zero-order valence-electron chi connectivity index (χ0n) is 10.0. The first-order valence-corrected chi connectivity index (χ1v) is 5.73. The fourth-order valence-corrected chi connectivity index (χ4v) is 1.88. The Morgan fingerprint density at radius 2 is 1.89 bits per heavy atom. The maximum atomic E-state index is 12.1. The van der Waals surface area contributed by atoms with Crippen LogP contribution < -0.4 is 0 Å². The molecule has 1 aliphatic carbocycles. The zero-order valence-corrected chi connectivity index (χ0v) is 10.0. The standard InChI is InChI=1S/C14H11NO4/c16-11-6-7-12(13(9-11)15(18)19)14(17)8-10-4-2-1-3-5-10/h1-7H,8-9H2. The summed E-state index contributed by atoms with van der Waals surface area (Å²) in [5.41, 5.74) is 0.495. The van der Waals surface area contributed by atoms with E-state index in [-0.39, 0.29) is 35.7 Å². The molecule has 0 amide bonds. The van der Waals surface area contributed by atoms with Crippen LogP contribution in [-0.4, -0.2) is 16.5 Å². The quantitative estimate of drug-likeness (QED) is 0.609. The van der Waals surface area contributed by atoms with Crippen LogP contribution in [0.15, 0.2) is 53.8 Å². The van der Waals surface area contributed by atoms with Crippen LogP contribution in [0.25, 0.3) is 0 Å². The van der Waals surface area contributed by atoms with Crippen molar-refractivity contribution in [3.63, 3.8) is 0 Å². The predicted molar refractivity (Wildman–Crippen MR) is 67.9 cm³/mol. The summed E-state index contributed by atoms with van der Waals surface area (Å²) in [4.78, 5) is 33.5. The Labute approximate surface area is 109 Å². The maximum Gasteiger partial charge on any atom is 0.264 e. The predicted octanol–water partition coefficient (Wildman–Crippen LogP) is 1.86. The minimum Gasteiger partial charge on any atom is -0.294 e. The van der Waals surface area contributed by atoms with Gasteiger partial charge in [-0.3, -0.25) is 19.7 Å². The summed E-state index contributed by atoms with van der Waals surface area (Å²) in [6, 6.07) is 8.98. The molecule has 2 rings (SSSR count). The highest BCUT2D eigenvalue weighted by atomic mass is 16.6. The van der Waals surface area contributed by atoms with E-state index in [1.165, 1.54) is 12.2 Å². The highest BCUT2D eigenvalue weighted by molar-refractivity contribution is 6.04. The lowest BCUT2D eigenvalue weighted by Crippen LogP contribution is -2.17. The lowest BCUT2D eigenvalue weighted by atomic mass is 9.95. The molecule has 19 heavy (non-hydrogen) atoms. The van der Waals surface area contributed by atoms with Gasteiger partial charge in [-0.05, 0) is 17.7 Å². The van der Waals surface area contributed by atoms with Crippen molar-refractivity contribution in [3.05, 3.63) is 69.4 Å². The first kappa shape index (κ1) is 12.9.